The number of halogens is 1. The highest BCUT2D eigenvalue weighted by molar-refractivity contribution is 9.10. The molecule has 1 aliphatic rings. The molecule has 7 heteroatoms. The van der Waals surface area contributed by atoms with Crippen LogP contribution in [0.1, 0.15) is 12.1 Å². The van der Waals surface area contributed by atoms with Gasteiger partial charge in [-0.3, -0.25) is 9.58 Å². The van der Waals surface area contributed by atoms with Gasteiger partial charge in [-0.1, -0.05) is 0 Å². The number of aryl methyl sites for hydroxylation is 1. The summed E-state index contributed by atoms with van der Waals surface area (Å²) in [6.07, 6.45) is 2.49. The molecule has 5 nitrogen and oxygen atoms in total. The monoisotopic (exact) mass is 321 g/mol. The first-order chi connectivity index (χ1) is 7.89. The summed E-state index contributed by atoms with van der Waals surface area (Å²) in [5, 5.41) is 4.15. The molecular formula is C10H16BrN3O2S. The maximum atomic E-state index is 11.4. The van der Waals surface area contributed by atoms with Crippen molar-refractivity contribution in [2.45, 2.75) is 19.0 Å². The Kier molecular flexibility index (Phi) is 3.61. The van der Waals surface area contributed by atoms with Crippen molar-refractivity contribution < 1.29 is 8.42 Å². The number of hydrogen-bond donors (Lipinski definition) is 0. The van der Waals surface area contributed by atoms with Crippen LogP contribution in [0.15, 0.2) is 10.7 Å². The normalized spacial score (nSPS) is 23.4. The molecule has 1 unspecified atom stereocenters. The molecule has 17 heavy (non-hydrogen) atoms. The molecule has 1 aromatic rings. The molecule has 0 saturated carbocycles. The Balaban J connectivity index is 2.05. The van der Waals surface area contributed by atoms with Crippen molar-refractivity contribution in [3.05, 3.63) is 16.4 Å². The van der Waals surface area contributed by atoms with E-state index in [4.69, 9.17) is 0 Å². The van der Waals surface area contributed by atoms with Gasteiger partial charge in [0.15, 0.2) is 9.84 Å². The third kappa shape index (κ3) is 2.89. The molecule has 1 fully saturated rings. The fourth-order valence-electron chi connectivity index (χ4n) is 2.10. The predicted octanol–water partition coefficient (Wildman–Crippen LogP) is 0.802. The van der Waals surface area contributed by atoms with E-state index in [0.717, 1.165) is 16.6 Å². The van der Waals surface area contributed by atoms with Gasteiger partial charge in [-0.05, 0) is 29.4 Å². The first-order valence-corrected chi connectivity index (χ1v) is 8.07. The van der Waals surface area contributed by atoms with E-state index in [1.54, 1.807) is 6.20 Å². The number of nitrogens with zero attached hydrogens (tertiary/aromatic N) is 3. The molecule has 0 N–H and O–H groups in total. The maximum absolute atomic E-state index is 11.4. The maximum Gasteiger partial charge on any atom is 0.151 e. The lowest BCUT2D eigenvalue weighted by Gasteiger charge is -2.23. The Labute approximate surface area is 110 Å². The van der Waals surface area contributed by atoms with Crippen LogP contribution in [0.5, 0.6) is 0 Å². The van der Waals surface area contributed by atoms with E-state index in [2.05, 4.69) is 25.9 Å². The third-order valence-corrected chi connectivity index (χ3v) is 5.65. The highest BCUT2D eigenvalue weighted by atomic mass is 79.9. The van der Waals surface area contributed by atoms with Crippen LogP contribution in [0.4, 0.5) is 0 Å². The summed E-state index contributed by atoms with van der Waals surface area (Å²) in [4.78, 5) is 2.09. The number of hydrogen-bond acceptors (Lipinski definition) is 4. The van der Waals surface area contributed by atoms with Gasteiger partial charge >= 0.3 is 0 Å². The Morgan fingerprint density at radius 1 is 1.65 bits per heavy atom. The van der Waals surface area contributed by atoms with Crippen LogP contribution in [-0.4, -0.2) is 47.7 Å². The zero-order chi connectivity index (χ0) is 12.6. The molecular weight excluding hydrogens is 306 g/mol. The minimum absolute atomic E-state index is 0.127. The summed E-state index contributed by atoms with van der Waals surface area (Å²) in [6.45, 7) is 0.706. The summed E-state index contributed by atoms with van der Waals surface area (Å²) >= 11 is 3.45. The number of sulfone groups is 1. The molecule has 2 rings (SSSR count). The van der Waals surface area contributed by atoms with Crippen molar-refractivity contribution in [3.63, 3.8) is 0 Å². The van der Waals surface area contributed by atoms with Crippen LogP contribution in [0, 0.1) is 0 Å². The van der Waals surface area contributed by atoms with E-state index in [1.165, 1.54) is 0 Å². The highest BCUT2D eigenvalue weighted by Gasteiger charge is 2.31. The largest absolute Gasteiger partial charge is 0.297 e. The quantitative estimate of drug-likeness (QED) is 0.826. The lowest BCUT2D eigenvalue weighted by Crippen LogP contribution is -2.32. The molecule has 1 atom stereocenters. The van der Waals surface area contributed by atoms with Crippen molar-refractivity contribution in [2.24, 2.45) is 7.05 Å². The van der Waals surface area contributed by atoms with Crippen LogP contribution in [0.3, 0.4) is 0 Å². The summed E-state index contributed by atoms with van der Waals surface area (Å²) in [6, 6.07) is 0.127. The topological polar surface area (TPSA) is 55.2 Å². The Morgan fingerprint density at radius 2 is 2.35 bits per heavy atom. The van der Waals surface area contributed by atoms with Gasteiger partial charge in [0.05, 0.1) is 27.9 Å². The van der Waals surface area contributed by atoms with Crippen LogP contribution >= 0.6 is 15.9 Å². The second-order valence-electron chi connectivity index (χ2n) is 4.53. The highest BCUT2D eigenvalue weighted by Crippen LogP contribution is 2.21. The standard InChI is InChI=1S/C10H16BrN3O2S/c1-13(8-3-4-17(15,16)7-8)6-10-9(11)5-12-14(10)2/h5,8H,3-4,6-7H2,1-2H3. The fraction of sp³-hybridized carbons (Fsp3) is 0.700. The minimum atomic E-state index is -2.82. The second kappa shape index (κ2) is 4.70. The van der Waals surface area contributed by atoms with Crippen LogP contribution < -0.4 is 0 Å². The summed E-state index contributed by atoms with van der Waals surface area (Å²) < 4.78 is 25.6. The number of rotatable bonds is 3. The molecule has 0 amide bonds. The van der Waals surface area contributed by atoms with E-state index in [-0.39, 0.29) is 11.8 Å². The molecule has 1 aromatic heterocycles. The molecule has 1 saturated heterocycles. The first-order valence-electron chi connectivity index (χ1n) is 5.46. The smallest absolute Gasteiger partial charge is 0.151 e. The number of aromatic nitrogens is 2. The van der Waals surface area contributed by atoms with Crippen LogP contribution in [0.25, 0.3) is 0 Å². The first kappa shape index (κ1) is 13.0. The molecule has 0 spiro atoms. The fourth-order valence-corrected chi connectivity index (χ4v) is 4.38. The van der Waals surface area contributed by atoms with Gasteiger partial charge in [0, 0.05) is 19.6 Å². The van der Waals surface area contributed by atoms with Crippen LogP contribution in [0.2, 0.25) is 0 Å². The minimum Gasteiger partial charge on any atom is -0.297 e. The van der Waals surface area contributed by atoms with Crippen molar-refractivity contribution in [1.29, 1.82) is 0 Å². The Morgan fingerprint density at radius 3 is 2.82 bits per heavy atom. The van der Waals surface area contributed by atoms with Gasteiger partial charge in [-0.2, -0.15) is 5.10 Å². The van der Waals surface area contributed by atoms with Crippen molar-refractivity contribution in [1.82, 2.24) is 14.7 Å². The van der Waals surface area contributed by atoms with Crippen molar-refractivity contribution >= 4 is 25.8 Å². The Hall–Kier alpha value is -0.400. The Bertz CT molecular complexity index is 492. The van der Waals surface area contributed by atoms with E-state index in [9.17, 15) is 8.42 Å². The van der Waals surface area contributed by atoms with E-state index in [1.807, 2.05) is 18.8 Å². The average molecular weight is 322 g/mol. The molecule has 96 valence electrons. The summed E-state index contributed by atoms with van der Waals surface area (Å²) in [5.74, 6) is 0.591. The van der Waals surface area contributed by atoms with Gasteiger partial charge in [0.1, 0.15) is 0 Å². The van der Waals surface area contributed by atoms with E-state index >= 15 is 0 Å². The molecule has 2 heterocycles. The lowest BCUT2D eigenvalue weighted by molar-refractivity contribution is 0.247. The molecule has 0 radical (unpaired) electrons. The molecule has 1 aliphatic heterocycles. The van der Waals surface area contributed by atoms with Gasteiger partial charge in [0.25, 0.3) is 0 Å². The van der Waals surface area contributed by atoms with Crippen LogP contribution in [-0.2, 0) is 23.4 Å². The van der Waals surface area contributed by atoms with Gasteiger partial charge in [-0.25, -0.2) is 8.42 Å². The SMILES string of the molecule is CN(Cc1c(Br)cnn1C)C1CCS(=O)(=O)C1. The van der Waals surface area contributed by atoms with Gasteiger partial charge in [0.2, 0.25) is 0 Å². The third-order valence-electron chi connectivity index (χ3n) is 3.24. The van der Waals surface area contributed by atoms with Crippen molar-refractivity contribution in [2.75, 3.05) is 18.6 Å². The molecule has 0 aromatic carbocycles. The summed E-state index contributed by atoms with van der Waals surface area (Å²) in [5.41, 5.74) is 1.07. The average Bonchev–Trinajstić information content (AvgIpc) is 2.75. The van der Waals surface area contributed by atoms with E-state index < -0.39 is 9.84 Å². The molecule has 0 bridgehead atoms. The molecule has 0 aliphatic carbocycles. The second-order valence-corrected chi connectivity index (χ2v) is 7.62. The van der Waals surface area contributed by atoms with Gasteiger partial charge in [-0.15, -0.1) is 0 Å². The summed E-state index contributed by atoms with van der Waals surface area (Å²) in [7, 11) is 1.04. The lowest BCUT2D eigenvalue weighted by atomic mass is 10.2. The zero-order valence-corrected chi connectivity index (χ0v) is 12.3. The van der Waals surface area contributed by atoms with E-state index in [0.29, 0.717) is 12.3 Å². The predicted molar refractivity (Wildman–Crippen MR) is 69.4 cm³/mol. The zero-order valence-electron chi connectivity index (χ0n) is 9.93. The van der Waals surface area contributed by atoms with Gasteiger partial charge < -0.3 is 0 Å². The van der Waals surface area contributed by atoms with Crippen molar-refractivity contribution in [3.8, 4) is 0 Å².